The Balaban J connectivity index is 1.70. The number of methoxy groups -OCH3 is 2. The van der Waals surface area contributed by atoms with Gasteiger partial charge in [0, 0.05) is 11.3 Å². The molecule has 182 valence electrons. The van der Waals surface area contributed by atoms with E-state index in [1.165, 1.54) is 25.0 Å². The Morgan fingerprint density at radius 2 is 1.36 bits per heavy atom. The summed E-state index contributed by atoms with van der Waals surface area (Å²) in [6.45, 7) is 0. The molecule has 0 atom stereocenters. The van der Waals surface area contributed by atoms with Crippen molar-refractivity contribution in [3.05, 3.63) is 94.8 Å². The first-order valence-electron chi connectivity index (χ1n) is 11.0. The van der Waals surface area contributed by atoms with Crippen molar-refractivity contribution in [1.82, 2.24) is 9.78 Å². The molecule has 4 aromatic rings. The Labute approximate surface area is 208 Å². The molecule has 36 heavy (non-hydrogen) atoms. The van der Waals surface area contributed by atoms with Gasteiger partial charge in [0.05, 0.1) is 25.6 Å². The first kappa shape index (κ1) is 24.2. The van der Waals surface area contributed by atoms with Gasteiger partial charge in [0.2, 0.25) is 0 Å². The molecule has 4 rings (SSSR count). The molecule has 0 fully saturated rings. The van der Waals surface area contributed by atoms with Crippen LogP contribution in [0.1, 0.15) is 32.9 Å². The summed E-state index contributed by atoms with van der Waals surface area (Å²) in [5.41, 5.74) is 9.41. The highest BCUT2D eigenvalue weighted by atomic mass is 16.5. The first-order chi connectivity index (χ1) is 17.4. The zero-order valence-corrected chi connectivity index (χ0v) is 19.8. The van der Waals surface area contributed by atoms with Gasteiger partial charge in [0.25, 0.3) is 5.91 Å². The zero-order chi connectivity index (χ0) is 25.7. The molecule has 4 N–H and O–H groups in total. The lowest BCUT2D eigenvalue weighted by Gasteiger charge is -2.05. The smallest absolute Gasteiger partial charge is 0.278 e. The predicted molar refractivity (Wildman–Crippen MR) is 140 cm³/mol. The Morgan fingerprint density at radius 1 is 0.806 bits per heavy atom. The van der Waals surface area contributed by atoms with Gasteiger partial charge in [0.15, 0.2) is 23.0 Å². The quantitative estimate of drug-likeness (QED) is 0.319. The second-order valence-corrected chi connectivity index (χ2v) is 7.86. The number of aromatic nitrogens is 2. The summed E-state index contributed by atoms with van der Waals surface area (Å²) in [6.07, 6.45) is 7.12. The van der Waals surface area contributed by atoms with Crippen LogP contribution >= 0.6 is 0 Å². The number of nitrogens with two attached hydrogens (primary N) is 1. The monoisotopic (exact) mass is 483 g/mol. The third kappa shape index (κ3) is 5.39. The molecule has 1 heterocycles. The van der Waals surface area contributed by atoms with E-state index in [4.69, 9.17) is 15.2 Å². The van der Waals surface area contributed by atoms with Crippen LogP contribution in [0.25, 0.3) is 24.3 Å². The summed E-state index contributed by atoms with van der Waals surface area (Å²) in [5, 5.41) is 24.1. The topological polar surface area (TPSA) is 120 Å². The summed E-state index contributed by atoms with van der Waals surface area (Å²) in [7, 11) is 2.96. The number of nitrogens with zero attached hydrogens (tertiary/aromatic N) is 2. The van der Waals surface area contributed by atoms with Crippen molar-refractivity contribution in [3.63, 3.8) is 0 Å². The number of aromatic hydroxyl groups is 2. The normalized spacial score (nSPS) is 11.3. The summed E-state index contributed by atoms with van der Waals surface area (Å²) in [4.78, 5) is 13.2. The maximum Gasteiger partial charge on any atom is 0.278 e. The van der Waals surface area contributed by atoms with Crippen molar-refractivity contribution in [2.24, 2.45) is 0 Å². The molecule has 0 aliphatic carbocycles. The fraction of sp³-hybridized carbons (Fsp3) is 0.0714. The molecule has 0 saturated heterocycles. The van der Waals surface area contributed by atoms with Crippen LogP contribution in [0.15, 0.2) is 66.7 Å². The molecule has 0 spiro atoms. The fourth-order valence-corrected chi connectivity index (χ4v) is 3.48. The highest BCUT2D eigenvalue weighted by Gasteiger charge is 2.14. The maximum atomic E-state index is 13.2. The van der Waals surface area contributed by atoms with Crippen molar-refractivity contribution < 1.29 is 24.5 Å². The highest BCUT2D eigenvalue weighted by Crippen LogP contribution is 2.28. The number of phenols is 2. The van der Waals surface area contributed by atoms with Crippen molar-refractivity contribution in [2.75, 3.05) is 20.0 Å². The molecular formula is C28H25N3O5. The van der Waals surface area contributed by atoms with Gasteiger partial charge in [-0.15, -0.1) is 0 Å². The third-order valence-corrected chi connectivity index (χ3v) is 5.41. The molecule has 0 saturated carbocycles. The minimum Gasteiger partial charge on any atom is -0.504 e. The Morgan fingerprint density at radius 3 is 1.92 bits per heavy atom. The lowest BCUT2D eigenvalue weighted by molar-refractivity contribution is 0.0944. The van der Waals surface area contributed by atoms with E-state index in [1.807, 2.05) is 0 Å². The van der Waals surface area contributed by atoms with Gasteiger partial charge < -0.3 is 25.4 Å². The molecular weight excluding hydrogens is 458 g/mol. The molecule has 0 bridgehead atoms. The van der Waals surface area contributed by atoms with E-state index in [0.29, 0.717) is 34.1 Å². The van der Waals surface area contributed by atoms with Crippen LogP contribution in [0.2, 0.25) is 0 Å². The van der Waals surface area contributed by atoms with E-state index in [0.717, 1.165) is 11.1 Å². The first-order valence-corrected chi connectivity index (χ1v) is 11.0. The van der Waals surface area contributed by atoms with Gasteiger partial charge in [-0.1, -0.05) is 24.3 Å². The highest BCUT2D eigenvalue weighted by molar-refractivity contribution is 5.97. The van der Waals surface area contributed by atoms with Gasteiger partial charge in [0.1, 0.15) is 0 Å². The van der Waals surface area contributed by atoms with E-state index in [2.05, 4.69) is 5.10 Å². The number of carbonyl (C=O) groups excluding carboxylic acids is 1. The van der Waals surface area contributed by atoms with Crippen LogP contribution in [0.4, 0.5) is 5.69 Å². The zero-order valence-electron chi connectivity index (χ0n) is 19.8. The number of carbonyl (C=O) groups is 1. The average Bonchev–Trinajstić information content (AvgIpc) is 3.30. The lowest BCUT2D eigenvalue weighted by atomic mass is 10.1. The molecule has 0 aliphatic heterocycles. The molecule has 0 radical (unpaired) electrons. The van der Waals surface area contributed by atoms with Gasteiger partial charge in [-0.25, -0.2) is 0 Å². The predicted octanol–water partition coefficient (Wildman–Crippen LogP) is 4.92. The minimum atomic E-state index is -0.316. The van der Waals surface area contributed by atoms with Crippen LogP contribution in [0.3, 0.4) is 0 Å². The number of ether oxygens (including phenoxy) is 2. The SMILES string of the molecule is COc1cc(C=Cc2cc(C=Cc3ccc(O)c(OC)c3)n(C(=O)c3ccc(N)cc3)n2)ccc1O. The fourth-order valence-electron chi connectivity index (χ4n) is 3.48. The van der Waals surface area contributed by atoms with E-state index in [9.17, 15) is 15.0 Å². The largest absolute Gasteiger partial charge is 0.504 e. The second kappa shape index (κ2) is 10.5. The van der Waals surface area contributed by atoms with Crippen molar-refractivity contribution in [2.45, 2.75) is 0 Å². The van der Waals surface area contributed by atoms with Crippen molar-refractivity contribution in [1.29, 1.82) is 0 Å². The summed E-state index contributed by atoms with van der Waals surface area (Å²) in [6, 6.07) is 18.3. The number of nitrogen functional groups attached to an aromatic ring is 1. The van der Waals surface area contributed by atoms with Crippen molar-refractivity contribution in [3.8, 4) is 23.0 Å². The Hall–Kier alpha value is -4.98. The van der Waals surface area contributed by atoms with Gasteiger partial charge in [-0.3, -0.25) is 4.79 Å². The Bertz CT molecular complexity index is 1450. The second-order valence-electron chi connectivity index (χ2n) is 7.86. The number of rotatable bonds is 7. The lowest BCUT2D eigenvalue weighted by Crippen LogP contribution is -2.15. The molecule has 8 heteroatoms. The summed E-state index contributed by atoms with van der Waals surface area (Å²) >= 11 is 0. The number of benzene rings is 3. The van der Waals surface area contributed by atoms with E-state index >= 15 is 0 Å². The van der Waals surface area contributed by atoms with Crippen LogP contribution in [0.5, 0.6) is 23.0 Å². The van der Waals surface area contributed by atoms with Crippen LogP contribution in [-0.2, 0) is 0 Å². The molecule has 1 aromatic heterocycles. The summed E-state index contributed by atoms with van der Waals surface area (Å²) < 4.78 is 11.6. The number of hydrogen-bond donors (Lipinski definition) is 3. The standard InChI is InChI=1S/C28H25N3O5/c1-35-26-15-18(5-13-24(26)32)3-11-22-17-23(12-4-19-6-14-25(33)27(16-19)36-2)31(30-22)28(34)20-7-9-21(29)10-8-20/h3-17,32-33H,29H2,1-2H3. The molecule has 3 aromatic carbocycles. The van der Waals surface area contributed by atoms with E-state index in [-0.39, 0.29) is 17.4 Å². The minimum absolute atomic E-state index is 0.0384. The maximum absolute atomic E-state index is 13.2. The van der Waals surface area contributed by atoms with Crippen LogP contribution in [0, 0.1) is 0 Å². The number of anilines is 1. The number of hydrogen-bond acceptors (Lipinski definition) is 7. The van der Waals surface area contributed by atoms with Gasteiger partial charge in [-0.2, -0.15) is 9.78 Å². The average molecular weight is 484 g/mol. The summed E-state index contributed by atoms with van der Waals surface area (Å²) in [5.74, 6) is 0.470. The Kier molecular flexibility index (Phi) is 7.06. The van der Waals surface area contributed by atoms with E-state index in [1.54, 1.807) is 85.0 Å². The van der Waals surface area contributed by atoms with Gasteiger partial charge >= 0.3 is 0 Å². The van der Waals surface area contributed by atoms with E-state index < -0.39 is 0 Å². The van der Waals surface area contributed by atoms with Crippen molar-refractivity contribution >= 4 is 35.9 Å². The van der Waals surface area contributed by atoms with Gasteiger partial charge in [-0.05, 0) is 77.9 Å². The molecule has 0 amide bonds. The molecule has 8 nitrogen and oxygen atoms in total. The van der Waals surface area contributed by atoms with Crippen LogP contribution in [-0.4, -0.2) is 40.1 Å². The number of phenolic OH excluding ortho intramolecular Hbond substituents is 2. The third-order valence-electron chi connectivity index (χ3n) is 5.41. The molecule has 0 unspecified atom stereocenters. The molecule has 0 aliphatic rings. The van der Waals surface area contributed by atoms with Crippen LogP contribution < -0.4 is 15.2 Å².